The lowest BCUT2D eigenvalue weighted by atomic mass is 10.0. The highest BCUT2D eigenvalue weighted by molar-refractivity contribution is 6.15. The minimum atomic E-state index is 0.196. The fourth-order valence-electron chi connectivity index (χ4n) is 3.87. The first-order valence-corrected chi connectivity index (χ1v) is 9.17. The van der Waals surface area contributed by atoms with Crippen molar-refractivity contribution in [2.24, 2.45) is 0 Å². The largest absolute Gasteiger partial charge is 0.495 e. The van der Waals surface area contributed by atoms with Gasteiger partial charge in [-0.3, -0.25) is 5.41 Å². The molecule has 1 aliphatic rings. The predicted molar refractivity (Wildman–Crippen MR) is 118 cm³/mol. The van der Waals surface area contributed by atoms with E-state index in [1.807, 2.05) is 48.5 Å². The molecule has 4 heteroatoms. The molecule has 0 atom stereocenters. The second kappa shape index (κ2) is 6.43. The Bertz CT molecular complexity index is 1260. The van der Waals surface area contributed by atoms with Gasteiger partial charge in [-0.05, 0) is 34.0 Å². The molecule has 0 unspecified atom stereocenters. The summed E-state index contributed by atoms with van der Waals surface area (Å²) in [6.45, 7) is 0. The second-order valence-electron chi connectivity index (χ2n) is 6.79. The lowest BCUT2D eigenvalue weighted by Crippen LogP contribution is -2.21. The summed E-state index contributed by atoms with van der Waals surface area (Å²) in [4.78, 5) is 0. The summed E-state index contributed by atoms with van der Waals surface area (Å²) in [5, 5.41) is 19.4. The van der Waals surface area contributed by atoms with Gasteiger partial charge in [0.1, 0.15) is 5.75 Å². The molecule has 0 radical (unpaired) electrons. The van der Waals surface area contributed by atoms with Crippen LogP contribution in [0.15, 0.2) is 66.7 Å². The summed E-state index contributed by atoms with van der Waals surface area (Å²) < 4.78 is 5.52. The molecule has 0 saturated carbocycles. The molecule has 4 nitrogen and oxygen atoms in total. The molecule has 4 aromatic carbocycles. The van der Waals surface area contributed by atoms with Crippen molar-refractivity contribution in [3.63, 3.8) is 0 Å². The lowest BCUT2D eigenvalue weighted by Gasteiger charge is -2.17. The average molecular weight is 365 g/mol. The van der Waals surface area contributed by atoms with Crippen molar-refractivity contribution in [3.05, 3.63) is 77.9 Å². The molecule has 0 saturated heterocycles. The molecule has 5 rings (SSSR count). The van der Waals surface area contributed by atoms with Crippen LogP contribution in [0.3, 0.4) is 0 Å². The number of guanidine groups is 1. The van der Waals surface area contributed by atoms with Crippen LogP contribution in [-0.4, -0.2) is 13.1 Å². The molecular weight excluding hydrogens is 346 g/mol. The van der Waals surface area contributed by atoms with Crippen LogP contribution < -0.4 is 15.4 Å². The van der Waals surface area contributed by atoms with E-state index in [1.54, 1.807) is 7.11 Å². The van der Waals surface area contributed by atoms with E-state index < -0.39 is 0 Å². The molecular formula is C24H19N3O. The molecule has 28 heavy (non-hydrogen) atoms. The highest BCUT2D eigenvalue weighted by Crippen LogP contribution is 2.36. The van der Waals surface area contributed by atoms with E-state index in [1.165, 1.54) is 16.5 Å². The molecule has 4 aromatic rings. The maximum atomic E-state index is 8.52. The minimum Gasteiger partial charge on any atom is -0.495 e. The van der Waals surface area contributed by atoms with Crippen molar-refractivity contribution in [2.75, 3.05) is 17.7 Å². The van der Waals surface area contributed by atoms with Crippen molar-refractivity contribution < 1.29 is 4.74 Å². The van der Waals surface area contributed by atoms with E-state index in [9.17, 15) is 0 Å². The molecule has 0 heterocycles. The van der Waals surface area contributed by atoms with Crippen LogP contribution in [0.25, 0.3) is 33.7 Å². The van der Waals surface area contributed by atoms with Gasteiger partial charge in [-0.15, -0.1) is 0 Å². The maximum absolute atomic E-state index is 8.52. The van der Waals surface area contributed by atoms with E-state index in [0.717, 1.165) is 27.5 Å². The Kier molecular flexibility index (Phi) is 3.76. The molecule has 1 aliphatic carbocycles. The van der Waals surface area contributed by atoms with Crippen molar-refractivity contribution >= 4 is 51.0 Å². The van der Waals surface area contributed by atoms with Gasteiger partial charge < -0.3 is 15.4 Å². The first-order chi connectivity index (χ1) is 13.7. The fourth-order valence-corrected chi connectivity index (χ4v) is 3.87. The van der Waals surface area contributed by atoms with Crippen molar-refractivity contribution in [1.82, 2.24) is 0 Å². The van der Waals surface area contributed by atoms with Crippen LogP contribution in [0.2, 0.25) is 0 Å². The van der Waals surface area contributed by atoms with E-state index in [-0.39, 0.29) is 5.96 Å². The third-order valence-corrected chi connectivity index (χ3v) is 5.17. The Morgan fingerprint density at radius 3 is 2.43 bits per heavy atom. The number of hydrogen-bond donors (Lipinski definition) is 3. The Balaban J connectivity index is 1.50. The molecule has 0 bridgehead atoms. The number of benzene rings is 4. The smallest absolute Gasteiger partial charge is 0.197 e. The molecule has 0 fully saturated rings. The summed E-state index contributed by atoms with van der Waals surface area (Å²) in [6, 6.07) is 22.4. The predicted octanol–water partition coefficient (Wildman–Crippen LogP) is 5.94. The van der Waals surface area contributed by atoms with Gasteiger partial charge in [0.05, 0.1) is 12.8 Å². The minimum absolute atomic E-state index is 0.196. The topological polar surface area (TPSA) is 57.1 Å². The Morgan fingerprint density at radius 1 is 0.786 bits per heavy atom. The van der Waals surface area contributed by atoms with Gasteiger partial charge >= 0.3 is 0 Å². The number of anilines is 2. The van der Waals surface area contributed by atoms with Gasteiger partial charge in [-0.25, -0.2) is 0 Å². The number of rotatable bonds is 3. The number of nitrogens with one attached hydrogen (secondary N) is 3. The monoisotopic (exact) mass is 365 g/mol. The number of methoxy groups -OCH3 is 1. The lowest BCUT2D eigenvalue weighted by molar-refractivity contribution is 0.417. The standard InChI is InChI=1S/C24H19N3O/c1-28-21-14-12-15-5-2-3-7-18(15)23(21)27-24(25)26-20-13-11-17-10-9-16-6-4-8-19(20)22(16)17/h2-14H,1H3,(H3,25,26,27). The van der Waals surface area contributed by atoms with Gasteiger partial charge in [0.15, 0.2) is 5.96 Å². The molecule has 0 amide bonds. The summed E-state index contributed by atoms with van der Waals surface area (Å²) in [5.41, 5.74) is 4.12. The third-order valence-electron chi connectivity index (χ3n) is 5.17. The maximum Gasteiger partial charge on any atom is 0.197 e. The zero-order chi connectivity index (χ0) is 19.1. The Labute approximate surface area is 163 Å². The normalized spacial score (nSPS) is 11.8. The number of fused-ring (bicyclic) bond motifs is 1. The molecule has 0 spiro atoms. The SMILES string of the molecule is COc1ccc2ccccc2c1NC(=N)Nc1ccc2c3c(cccc13)C=C2. The average Bonchev–Trinajstić information content (AvgIpc) is 3.15. The first-order valence-electron chi connectivity index (χ1n) is 9.17. The van der Waals surface area contributed by atoms with Crippen LogP contribution in [0.5, 0.6) is 5.75 Å². The van der Waals surface area contributed by atoms with Gasteiger partial charge in [0.25, 0.3) is 0 Å². The zero-order valence-electron chi connectivity index (χ0n) is 15.4. The zero-order valence-corrected chi connectivity index (χ0v) is 15.4. The van der Waals surface area contributed by atoms with Crippen molar-refractivity contribution in [1.29, 1.82) is 5.41 Å². The quantitative estimate of drug-likeness (QED) is 0.274. The number of hydrogen-bond acceptors (Lipinski definition) is 2. The Hall–Kier alpha value is -3.79. The summed E-state index contributed by atoms with van der Waals surface area (Å²) in [5.74, 6) is 0.899. The van der Waals surface area contributed by atoms with Crippen LogP contribution in [-0.2, 0) is 0 Å². The fraction of sp³-hybridized carbons (Fsp3) is 0.0417. The van der Waals surface area contributed by atoms with E-state index in [4.69, 9.17) is 10.1 Å². The van der Waals surface area contributed by atoms with Crippen LogP contribution in [0.4, 0.5) is 11.4 Å². The van der Waals surface area contributed by atoms with Crippen molar-refractivity contribution in [3.8, 4) is 5.75 Å². The summed E-state index contributed by atoms with van der Waals surface area (Å²) in [7, 11) is 1.64. The van der Waals surface area contributed by atoms with E-state index >= 15 is 0 Å². The number of ether oxygens (including phenoxy) is 1. The van der Waals surface area contributed by atoms with Crippen LogP contribution in [0.1, 0.15) is 11.1 Å². The highest BCUT2D eigenvalue weighted by Gasteiger charge is 2.14. The summed E-state index contributed by atoms with van der Waals surface area (Å²) >= 11 is 0. The van der Waals surface area contributed by atoms with E-state index in [0.29, 0.717) is 5.75 Å². The van der Waals surface area contributed by atoms with E-state index in [2.05, 4.69) is 41.0 Å². The molecule has 3 N–H and O–H groups in total. The van der Waals surface area contributed by atoms with Gasteiger partial charge in [0, 0.05) is 16.5 Å². The van der Waals surface area contributed by atoms with Crippen LogP contribution in [0, 0.1) is 5.41 Å². The molecule has 0 aliphatic heterocycles. The molecule has 136 valence electrons. The third kappa shape index (κ3) is 2.58. The first kappa shape index (κ1) is 16.4. The van der Waals surface area contributed by atoms with Crippen LogP contribution >= 0.6 is 0 Å². The van der Waals surface area contributed by atoms with Gasteiger partial charge in [-0.2, -0.15) is 0 Å². The van der Waals surface area contributed by atoms with Gasteiger partial charge in [-0.1, -0.05) is 66.7 Å². The second-order valence-corrected chi connectivity index (χ2v) is 6.79. The van der Waals surface area contributed by atoms with Gasteiger partial charge in [0.2, 0.25) is 0 Å². The Morgan fingerprint density at radius 2 is 1.57 bits per heavy atom. The van der Waals surface area contributed by atoms with Crippen molar-refractivity contribution in [2.45, 2.75) is 0 Å². The molecule has 0 aromatic heterocycles. The highest BCUT2D eigenvalue weighted by atomic mass is 16.5. The summed E-state index contributed by atoms with van der Waals surface area (Å²) in [6.07, 6.45) is 4.26.